The van der Waals surface area contributed by atoms with Gasteiger partial charge in [0.2, 0.25) is 5.78 Å². The van der Waals surface area contributed by atoms with Crippen molar-refractivity contribution in [3.8, 4) is 11.5 Å². The molecule has 5 nitrogen and oxygen atoms in total. The maximum Gasteiger partial charge on any atom is 0.231 e. The number of nitrogens with zero attached hydrogens (tertiary/aromatic N) is 2. The Hall–Kier alpha value is -3.44. The summed E-state index contributed by atoms with van der Waals surface area (Å²) in [6, 6.07) is 15.8. The minimum absolute atomic E-state index is 0.0840. The lowest BCUT2D eigenvalue weighted by molar-refractivity contribution is 0.0865. The van der Waals surface area contributed by atoms with E-state index in [2.05, 4.69) is 9.88 Å². The minimum Gasteiger partial charge on any atom is -0.477 e. The third kappa shape index (κ3) is 3.37. The molecule has 3 heterocycles. The van der Waals surface area contributed by atoms with E-state index in [0.29, 0.717) is 36.9 Å². The summed E-state index contributed by atoms with van der Waals surface area (Å²) in [4.78, 5) is 19.6. The van der Waals surface area contributed by atoms with Crippen LogP contribution in [-0.2, 0) is 13.1 Å². The minimum atomic E-state index is -0.0840. The second-order valence-corrected chi connectivity index (χ2v) is 7.80. The van der Waals surface area contributed by atoms with E-state index in [0.717, 1.165) is 33.7 Å². The van der Waals surface area contributed by atoms with E-state index in [1.54, 1.807) is 6.20 Å². The molecule has 0 aliphatic carbocycles. The first-order chi connectivity index (χ1) is 14.6. The maximum atomic E-state index is 13.0. The monoisotopic (exact) mass is 398 g/mol. The number of aryl methyl sites for hydroxylation is 1. The maximum absolute atomic E-state index is 13.0. The highest BCUT2D eigenvalue weighted by molar-refractivity contribution is 6.15. The standard InChI is InChI=1S/C25H22N2O3/c1-16-6-5-7-18(10-16)11-22-23(28)21-12-19-13-27(14-20-8-3-4-9-26-20)15-29-24(19)17(2)25(21)30-22/h3-12H,13-15H2,1-2H3/b22-11-. The molecule has 2 aliphatic rings. The van der Waals surface area contributed by atoms with E-state index < -0.39 is 0 Å². The van der Waals surface area contributed by atoms with Gasteiger partial charge in [0.15, 0.2) is 5.76 Å². The van der Waals surface area contributed by atoms with Crippen molar-refractivity contribution in [3.63, 3.8) is 0 Å². The van der Waals surface area contributed by atoms with Crippen molar-refractivity contribution in [2.75, 3.05) is 6.73 Å². The first-order valence-electron chi connectivity index (χ1n) is 10.0. The van der Waals surface area contributed by atoms with Crippen LogP contribution in [0.4, 0.5) is 0 Å². The summed E-state index contributed by atoms with van der Waals surface area (Å²) in [5.41, 5.74) is 5.56. The summed E-state index contributed by atoms with van der Waals surface area (Å²) in [5, 5.41) is 0. The molecular weight excluding hydrogens is 376 g/mol. The molecule has 0 spiro atoms. The average molecular weight is 398 g/mol. The first-order valence-corrected chi connectivity index (χ1v) is 10.0. The van der Waals surface area contributed by atoms with Crippen LogP contribution in [-0.4, -0.2) is 22.4 Å². The van der Waals surface area contributed by atoms with Crippen molar-refractivity contribution in [3.05, 3.63) is 94.0 Å². The highest BCUT2D eigenvalue weighted by Gasteiger charge is 2.33. The number of aromatic nitrogens is 1. The van der Waals surface area contributed by atoms with Gasteiger partial charge >= 0.3 is 0 Å². The molecule has 0 bridgehead atoms. The van der Waals surface area contributed by atoms with Gasteiger partial charge in [-0.2, -0.15) is 0 Å². The summed E-state index contributed by atoms with van der Waals surface area (Å²) < 4.78 is 12.0. The average Bonchev–Trinajstić information content (AvgIpc) is 3.05. The summed E-state index contributed by atoms with van der Waals surface area (Å²) in [5.74, 6) is 1.69. The van der Waals surface area contributed by atoms with Gasteiger partial charge in [-0.3, -0.25) is 14.7 Å². The van der Waals surface area contributed by atoms with Crippen molar-refractivity contribution in [2.24, 2.45) is 0 Å². The van der Waals surface area contributed by atoms with E-state index >= 15 is 0 Å². The molecule has 5 heteroatoms. The van der Waals surface area contributed by atoms with Crippen molar-refractivity contribution in [1.29, 1.82) is 0 Å². The Morgan fingerprint density at radius 1 is 1.10 bits per heavy atom. The zero-order chi connectivity index (χ0) is 20.7. The summed E-state index contributed by atoms with van der Waals surface area (Å²) >= 11 is 0. The fourth-order valence-electron chi connectivity index (χ4n) is 4.03. The Labute approximate surface area is 175 Å². The van der Waals surface area contributed by atoms with E-state index in [-0.39, 0.29) is 5.78 Å². The molecule has 30 heavy (non-hydrogen) atoms. The van der Waals surface area contributed by atoms with Crippen molar-refractivity contribution in [2.45, 2.75) is 26.9 Å². The SMILES string of the molecule is Cc1cccc(/C=C2\Oc3c(cc4c(c3C)OCN(Cc3ccccn3)C4)C2=O)c1. The zero-order valence-electron chi connectivity index (χ0n) is 17.0. The Bertz CT molecular complexity index is 1170. The molecule has 0 atom stereocenters. The predicted octanol–water partition coefficient (Wildman–Crippen LogP) is 4.67. The normalized spacial score (nSPS) is 16.7. The number of Topliss-reactive ketones (excluding diaryl/α,β-unsaturated/α-hetero) is 1. The highest BCUT2D eigenvalue weighted by atomic mass is 16.5. The van der Waals surface area contributed by atoms with E-state index in [1.165, 1.54) is 0 Å². The first kappa shape index (κ1) is 18.6. The van der Waals surface area contributed by atoms with Gasteiger partial charge < -0.3 is 9.47 Å². The number of hydrogen-bond donors (Lipinski definition) is 0. The summed E-state index contributed by atoms with van der Waals surface area (Å²) in [6.07, 6.45) is 3.60. The second kappa shape index (κ2) is 7.43. The number of carbonyl (C=O) groups excluding carboxylic acids is 1. The topological polar surface area (TPSA) is 51.7 Å². The third-order valence-electron chi connectivity index (χ3n) is 5.45. The van der Waals surface area contributed by atoms with Crippen LogP contribution in [0.1, 0.15) is 38.3 Å². The van der Waals surface area contributed by atoms with Gasteiger partial charge in [0.1, 0.15) is 18.2 Å². The van der Waals surface area contributed by atoms with Crippen LogP contribution in [0.25, 0.3) is 6.08 Å². The zero-order valence-corrected chi connectivity index (χ0v) is 17.0. The number of pyridine rings is 1. The Balaban J connectivity index is 1.44. The van der Waals surface area contributed by atoms with Gasteiger partial charge in [-0.25, -0.2) is 0 Å². The predicted molar refractivity (Wildman–Crippen MR) is 114 cm³/mol. The summed E-state index contributed by atoms with van der Waals surface area (Å²) in [7, 11) is 0. The van der Waals surface area contributed by atoms with E-state index in [1.807, 2.05) is 68.5 Å². The van der Waals surface area contributed by atoms with Crippen LogP contribution in [0, 0.1) is 13.8 Å². The number of allylic oxidation sites excluding steroid dienone is 1. The van der Waals surface area contributed by atoms with E-state index in [4.69, 9.17) is 9.47 Å². The second-order valence-electron chi connectivity index (χ2n) is 7.80. The van der Waals surface area contributed by atoms with Gasteiger partial charge in [-0.15, -0.1) is 0 Å². The van der Waals surface area contributed by atoms with Gasteiger partial charge in [-0.1, -0.05) is 35.9 Å². The van der Waals surface area contributed by atoms with E-state index in [9.17, 15) is 4.79 Å². The number of carbonyl (C=O) groups is 1. The quantitative estimate of drug-likeness (QED) is 0.600. The number of fused-ring (bicyclic) bond motifs is 2. The summed E-state index contributed by atoms with van der Waals surface area (Å²) in [6.45, 7) is 5.85. The van der Waals surface area contributed by atoms with Crippen LogP contribution in [0.5, 0.6) is 11.5 Å². The third-order valence-corrected chi connectivity index (χ3v) is 5.45. The molecule has 0 N–H and O–H groups in total. The molecule has 0 radical (unpaired) electrons. The van der Waals surface area contributed by atoms with Crippen molar-refractivity contribution >= 4 is 11.9 Å². The molecule has 0 saturated heterocycles. The molecule has 2 aliphatic heterocycles. The molecule has 1 aromatic heterocycles. The largest absolute Gasteiger partial charge is 0.477 e. The lowest BCUT2D eigenvalue weighted by Crippen LogP contribution is -2.32. The number of ether oxygens (including phenoxy) is 2. The highest BCUT2D eigenvalue weighted by Crippen LogP contribution is 2.43. The molecule has 2 aromatic carbocycles. The fraction of sp³-hybridized carbons (Fsp3) is 0.200. The lowest BCUT2D eigenvalue weighted by atomic mass is 10.00. The Kier molecular flexibility index (Phi) is 4.60. The molecule has 0 unspecified atom stereocenters. The number of ketones is 1. The van der Waals surface area contributed by atoms with Crippen molar-refractivity contribution in [1.82, 2.24) is 9.88 Å². The molecule has 0 saturated carbocycles. The van der Waals surface area contributed by atoms with Crippen LogP contribution < -0.4 is 9.47 Å². The number of hydrogen-bond acceptors (Lipinski definition) is 5. The molecule has 150 valence electrons. The molecule has 5 rings (SSSR count). The van der Waals surface area contributed by atoms with Gasteiger partial charge in [0.05, 0.1) is 11.3 Å². The van der Waals surface area contributed by atoms with Crippen LogP contribution in [0.3, 0.4) is 0 Å². The number of benzene rings is 2. The fourth-order valence-corrected chi connectivity index (χ4v) is 4.03. The smallest absolute Gasteiger partial charge is 0.231 e. The van der Waals surface area contributed by atoms with Gasteiger partial charge in [0, 0.05) is 30.4 Å². The van der Waals surface area contributed by atoms with Gasteiger partial charge in [0.25, 0.3) is 0 Å². The van der Waals surface area contributed by atoms with Gasteiger partial charge in [-0.05, 0) is 43.7 Å². The lowest BCUT2D eigenvalue weighted by Gasteiger charge is -2.30. The van der Waals surface area contributed by atoms with Crippen molar-refractivity contribution < 1.29 is 14.3 Å². The molecular formula is C25H22N2O3. The molecule has 0 amide bonds. The number of rotatable bonds is 3. The Morgan fingerprint density at radius 2 is 2.00 bits per heavy atom. The molecule has 3 aromatic rings. The van der Waals surface area contributed by atoms with Crippen LogP contribution in [0.2, 0.25) is 0 Å². The van der Waals surface area contributed by atoms with Crippen LogP contribution >= 0.6 is 0 Å². The van der Waals surface area contributed by atoms with Crippen LogP contribution in [0.15, 0.2) is 60.5 Å². The Morgan fingerprint density at radius 3 is 2.80 bits per heavy atom. The molecule has 0 fully saturated rings.